The van der Waals surface area contributed by atoms with Crippen LogP contribution in [-0.2, 0) is 19.0 Å². The third-order valence-electron chi connectivity index (χ3n) is 6.76. The molecule has 1 aliphatic heterocycles. The van der Waals surface area contributed by atoms with Crippen LogP contribution in [-0.4, -0.2) is 65.6 Å². The molecule has 3 N–H and O–H groups in total. The van der Waals surface area contributed by atoms with Gasteiger partial charge in [-0.2, -0.15) is 5.10 Å². The molecule has 1 aliphatic rings. The molecule has 12 heteroatoms. The van der Waals surface area contributed by atoms with E-state index in [4.69, 9.17) is 9.40 Å². The lowest BCUT2D eigenvalue weighted by Crippen LogP contribution is -2.30. The zero-order valence-electron chi connectivity index (χ0n) is 23.3. The second-order valence-electron chi connectivity index (χ2n) is 11.0. The summed E-state index contributed by atoms with van der Waals surface area (Å²) in [4.78, 5) is 24.5. The Balaban J connectivity index is 1.41. The molecule has 0 fully saturated rings. The van der Waals surface area contributed by atoms with Crippen molar-refractivity contribution in [3.8, 4) is 11.3 Å². The number of rotatable bonds is 8. The maximum absolute atomic E-state index is 13.1. The van der Waals surface area contributed by atoms with Gasteiger partial charge in [-0.15, -0.1) is 10.2 Å². The Morgan fingerprint density at radius 3 is 2.80 bits per heavy atom. The Morgan fingerprint density at radius 1 is 1.23 bits per heavy atom. The minimum Gasteiger partial charge on any atom is -0.416 e. The number of carbonyl (C=O) groups excluding carboxylic acids is 1. The Kier molecular flexibility index (Phi) is 7.90. The maximum Gasteiger partial charge on any atom is 0.309 e. The van der Waals surface area contributed by atoms with Crippen molar-refractivity contribution in [2.75, 3.05) is 25.0 Å². The van der Waals surface area contributed by atoms with Gasteiger partial charge < -0.3 is 20.2 Å². The van der Waals surface area contributed by atoms with Crippen LogP contribution in [0.25, 0.3) is 11.3 Å². The summed E-state index contributed by atoms with van der Waals surface area (Å²) in [5.41, 5.74) is 4.28. The minimum atomic E-state index is -0.395. The van der Waals surface area contributed by atoms with Gasteiger partial charge in [-0.3, -0.25) is 14.4 Å². The van der Waals surface area contributed by atoms with Crippen LogP contribution in [0, 0.1) is 0 Å². The molecule has 1 amide bonds. The zero-order valence-corrected chi connectivity index (χ0v) is 23.3. The normalized spacial score (nSPS) is 15.9. The fourth-order valence-corrected chi connectivity index (χ4v) is 4.70. The van der Waals surface area contributed by atoms with E-state index in [2.05, 4.69) is 47.9 Å². The quantitative estimate of drug-likeness (QED) is 0.301. The largest absolute Gasteiger partial charge is 0.416 e. The number of nitrogens with zero attached hydrogens (tertiary/aromatic N) is 7. The zero-order chi connectivity index (χ0) is 28.3. The lowest BCUT2D eigenvalue weighted by Gasteiger charge is -2.20. The molecule has 4 heterocycles. The fraction of sp³-hybridized carbons (Fsp3) is 0.429. The molecule has 0 radical (unpaired) electrons. The van der Waals surface area contributed by atoms with E-state index in [0.29, 0.717) is 31.2 Å². The molecule has 0 unspecified atom stereocenters. The first kappa shape index (κ1) is 27.4. The van der Waals surface area contributed by atoms with Gasteiger partial charge in [0, 0.05) is 56.7 Å². The predicted molar refractivity (Wildman–Crippen MR) is 149 cm³/mol. The highest BCUT2D eigenvalue weighted by Gasteiger charge is 2.28. The van der Waals surface area contributed by atoms with Gasteiger partial charge in [0.2, 0.25) is 11.8 Å². The van der Waals surface area contributed by atoms with E-state index in [1.807, 2.05) is 46.1 Å². The van der Waals surface area contributed by atoms with Gasteiger partial charge in [0.1, 0.15) is 0 Å². The summed E-state index contributed by atoms with van der Waals surface area (Å²) in [5, 5.41) is 27.9. The number of aliphatic hydroxyl groups is 1. The summed E-state index contributed by atoms with van der Waals surface area (Å²) in [5.74, 6) is 0.457. The number of anilines is 2. The standard InChI is InChI=1S/C28H35N9O3/c1-28(2,3)26-35-34-25(40-26)24(39)32-23-9-12-37(11-5-13-38)16-19-14-18(6-7-21(19)23)22-8-10-29-27(33-22)31-20-15-30-36(4)17-20/h6-8,10,14-15,17,23,38H,5,9,11-13,16H2,1-4H3,(H,32,39)(H,29,31,33)/t23-/m0/s1. The molecule has 12 nitrogen and oxygen atoms in total. The molecule has 0 saturated carbocycles. The lowest BCUT2D eigenvalue weighted by molar-refractivity contribution is 0.0894. The SMILES string of the molecule is Cn1cc(Nc2nccc(-c3ccc4c(c3)CN(CCCO)CC[C@@H]4NC(=O)c3nnc(C(C)(C)C)o3)n2)cn1. The fourth-order valence-electron chi connectivity index (χ4n) is 4.70. The first-order valence-electron chi connectivity index (χ1n) is 13.4. The summed E-state index contributed by atoms with van der Waals surface area (Å²) in [7, 11) is 1.85. The summed E-state index contributed by atoms with van der Waals surface area (Å²) < 4.78 is 7.39. The monoisotopic (exact) mass is 545 g/mol. The first-order chi connectivity index (χ1) is 19.2. The van der Waals surface area contributed by atoms with Crippen molar-refractivity contribution >= 4 is 17.5 Å². The highest BCUT2D eigenvalue weighted by atomic mass is 16.4. The van der Waals surface area contributed by atoms with Crippen molar-refractivity contribution in [1.29, 1.82) is 0 Å². The van der Waals surface area contributed by atoms with E-state index >= 15 is 0 Å². The Labute approximate surface area is 232 Å². The van der Waals surface area contributed by atoms with Gasteiger partial charge in [0.15, 0.2) is 0 Å². The average Bonchev–Trinajstić information content (AvgIpc) is 3.55. The van der Waals surface area contributed by atoms with E-state index in [1.165, 1.54) is 0 Å². The second-order valence-corrected chi connectivity index (χ2v) is 11.0. The van der Waals surface area contributed by atoms with Gasteiger partial charge in [-0.1, -0.05) is 32.9 Å². The number of hydrogen-bond acceptors (Lipinski definition) is 10. The van der Waals surface area contributed by atoms with Crippen LogP contribution in [0.4, 0.5) is 11.6 Å². The molecular weight excluding hydrogens is 510 g/mol. The van der Waals surface area contributed by atoms with Gasteiger partial charge in [0.05, 0.1) is 23.6 Å². The molecule has 3 aromatic heterocycles. The highest BCUT2D eigenvalue weighted by Crippen LogP contribution is 2.31. The molecule has 5 rings (SSSR count). The number of nitrogens with one attached hydrogen (secondary N) is 2. The molecule has 0 aliphatic carbocycles. The molecule has 0 spiro atoms. The molecule has 40 heavy (non-hydrogen) atoms. The van der Waals surface area contributed by atoms with Gasteiger partial charge in [-0.05, 0) is 36.1 Å². The average molecular weight is 546 g/mol. The Hall–Kier alpha value is -4.16. The van der Waals surface area contributed by atoms with Crippen LogP contribution in [0.1, 0.15) is 67.4 Å². The van der Waals surface area contributed by atoms with Gasteiger partial charge in [-0.25, -0.2) is 9.97 Å². The lowest BCUT2D eigenvalue weighted by atomic mass is 9.96. The first-order valence-corrected chi connectivity index (χ1v) is 13.4. The van der Waals surface area contributed by atoms with Crippen molar-refractivity contribution in [2.24, 2.45) is 7.05 Å². The van der Waals surface area contributed by atoms with Crippen molar-refractivity contribution in [3.05, 3.63) is 65.8 Å². The Bertz CT molecular complexity index is 1470. The summed E-state index contributed by atoms with van der Waals surface area (Å²) in [6, 6.07) is 7.82. The molecule has 1 atom stereocenters. The van der Waals surface area contributed by atoms with Crippen LogP contribution in [0.3, 0.4) is 0 Å². The number of carbonyl (C=O) groups is 1. The smallest absolute Gasteiger partial charge is 0.309 e. The van der Waals surface area contributed by atoms with Crippen molar-refractivity contribution in [3.63, 3.8) is 0 Å². The molecule has 0 bridgehead atoms. The van der Waals surface area contributed by atoms with E-state index in [0.717, 1.165) is 41.2 Å². The number of benzene rings is 1. The molecule has 4 aromatic rings. The Morgan fingerprint density at radius 2 is 2.08 bits per heavy atom. The maximum atomic E-state index is 13.1. The highest BCUT2D eigenvalue weighted by molar-refractivity contribution is 5.89. The van der Waals surface area contributed by atoms with Crippen LogP contribution in [0.2, 0.25) is 0 Å². The van der Waals surface area contributed by atoms with E-state index in [9.17, 15) is 9.90 Å². The minimum absolute atomic E-state index is 0.0425. The van der Waals surface area contributed by atoms with Crippen LogP contribution < -0.4 is 10.6 Å². The van der Waals surface area contributed by atoms with E-state index in [-0.39, 0.29) is 24.0 Å². The van der Waals surface area contributed by atoms with E-state index in [1.54, 1.807) is 17.1 Å². The van der Waals surface area contributed by atoms with Crippen LogP contribution in [0.5, 0.6) is 0 Å². The summed E-state index contributed by atoms with van der Waals surface area (Å²) in [6.07, 6.45) is 6.67. The number of aliphatic hydroxyl groups excluding tert-OH is 1. The number of aromatic nitrogens is 6. The van der Waals surface area contributed by atoms with Crippen LogP contribution >= 0.6 is 0 Å². The van der Waals surface area contributed by atoms with Crippen LogP contribution in [0.15, 0.2) is 47.3 Å². The van der Waals surface area contributed by atoms with Crippen molar-refractivity contribution in [1.82, 2.24) is 40.2 Å². The van der Waals surface area contributed by atoms with Crippen molar-refractivity contribution in [2.45, 2.75) is 51.6 Å². The van der Waals surface area contributed by atoms with Gasteiger partial charge in [0.25, 0.3) is 0 Å². The molecule has 0 saturated heterocycles. The molecular formula is C28H35N9O3. The molecule has 210 valence electrons. The molecule has 1 aromatic carbocycles. The number of amides is 1. The van der Waals surface area contributed by atoms with E-state index < -0.39 is 5.91 Å². The number of aryl methyl sites for hydroxylation is 1. The number of hydrogen-bond donors (Lipinski definition) is 3. The summed E-state index contributed by atoms with van der Waals surface area (Å²) in [6.45, 7) is 8.21. The summed E-state index contributed by atoms with van der Waals surface area (Å²) >= 11 is 0. The second kappa shape index (κ2) is 11.5. The third-order valence-corrected chi connectivity index (χ3v) is 6.76. The predicted octanol–water partition coefficient (Wildman–Crippen LogP) is 3.36. The van der Waals surface area contributed by atoms with Crippen molar-refractivity contribution < 1.29 is 14.3 Å². The third kappa shape index (κ3) is 6.35. The number of fused-ring (bicyclic) bond motifs is 1. The van der Waals surface area contributed by atoms with Gasteiger partial charge >= 0.3 is 11.8 Å². The topological polar surface area (TPSA) is 147 Å².